The normalized spacial score (nSPS) is 17.5. The first-order valence-electron chi connectivity index (χ1n) is 11.9. The van der Waals surface area contributed by atoms with Gasteiger partial charge in [0.25, 0.3) is 0 Å². The first-order chi connectivity index (χ1) is 16.5. The Morgan fingerprint density at radius 1 is 1.29 bits per heavy atom. The van der Waals surface area contributed by atoms with Crippen molar-refractivity contribution in [1.82, 2.24) is 9.97 Å². The number of anilines is 2. The van der Waals surface area contributed by atoms with Gasteiger partial charge in [-0.2, -0.15) is 13.2 Å². The lowest BCUT2D eigenvalue weighted by atomic mass is 9.86. The zero-order valence-electron chi connectivity index (χ0n) is 19.9. The molecule has 2 fully saturated rings. The van der Waals surface area contributed by atoms with E-state index in [9.17, 15) is 23.3 Å². The third-order valence-electron chi connectivity index (χ3n) is 6.93. The van der Waals surface area contributed by atoms with Gasteiger partial charge in [0.05, 0.1) is 28.5 Å². The second-order valence-electron chi connectivity index (χ2n) is 9.65. The van der Waals surface area contributed by atoms with Crippen LogP contribution in [-0.4, -0.2) is 41.7 Å². The Bertz CT molecular complexity index is 1100. The Kier molecular flexibility index (Phi) is 6.90. The summed E-state index contributed by atoms with van der Waals surface area (Å²) < 4.78 is 47.0. The summed E-state index contributed by atoms with van der Waals surface area (Å²) in [6.45, 7) is 3.52. The van der Waals surface area contributed by atoms with Gasteiger partial charge < -0.3 is 15.4 Å². The third-order valence-corrected chi connectivity index (χ3v) is 6.93. The number of hydrogen-bond donors (Lipinski definition) is 1. The second kappa shape index (κ2) is 9.60. The second-order valence-corrected chi connectivity index (χ2v) is 9.65. The fraction of sp³-hybridized carbons (Fsp3) is 0.583. The standard InChI is InChI=1S/C24H30F3N5O3/c1-3-35-14-23(8-4-5-9-23)13-31(2)19-11-18(30-22(28)21(19)32(33)34)16-10-17(24(25,26)27)20(29-12-16)15-6-7-15/h10-12,15H,3-9,13-14H2,1-2H3,(H2,28,30). The number of rotatable bonds is 9. The minimum Gasteiger partial charge on any atom is -0.381 e. The largest absolute Gasteiger partial charge is 0.418 e. The molecule has 2 aromatic heterocycles. The predicted molar refractivity (Wildman–Crippen MR) is 126 cm³/mol. The molecule has 2 saturated carbocycles. The van der Waals surface area contributed by atoms with E-state index in [0.717, 1.165) is 31.7 Å². The molecule has 0 atom stereocenters. The first kappa shape index (κ1) is 25.2. The van der Waals surface area contributed by atoms with Crippen molar-refractivity contribution in [2.24, 2.45) is 5.41 Å². The summed E-state index contributed by atoms with van der Waals surface area (Å²) in [6, 6.07) is 2.46. The molecule has 2 aliphatic carbocycles. The highest BCUT2D eigenvalue weighted by Crippen LogP contribution is 2.46. The molecule has 0 spiro atoms. The van der Waals surface area contributed by atoms with Gasteiger partial charge in [-0.05, 0) is 44.7 Å². The summed E-state index contributed by atoms with van der Waals surface area (Å²) in [7, 11) is 1.73. The molecule has 0 radical (unpaired) electrons. The lowest BCUT2D eigenvalue weighted by Gasteiger charge is -2.34. The molecule has 0 aliphatic heterocycles. The molecule has 2 aliphatic rings. The number of nitro groups is 1. The van der Waals surface area contributed by atoms with Crippen LogP contribution < -0.4 is 10.6 Å². The molecular weight excluding hydrogens is 463 g/mol. The number of nitrogens with two attached hydrogens (primary N) is 1. The van der Waals surface area contributed by atoms with E-state index in [1.165, 1.54) is 12.3 Å². The molecule has 4 rings (SSSR count). The predicted octanol–water partition coefficient (Wildman–Crippen LogP) is 5.56. The summed E-state index contributed by atoms with van der Waals surface area (Å²) in [4.78, 5) is 21.2. The average molecular weight is 494 g/mol. The minimum absolute atomic E-state index is 0.0348. The van der Waals surface area contributed by atoms with Crippen LogP contribution in [0.3, 0.4) is 0 Å². The maximum Gasteiger partial charge on any atom is 0.418 e. The monoisotopic (exact) mass is 493 g/mol. The Balaban J connectivity index is 1.75. The summed E-state index contributed by atoms with van der Waals surface area (Å²) >= 11 is 0. The van der Waals surface area contributed by atoms with Crippen molar-refractivity contribution < 1.29 is 22.8 Å². The summed E-state index contributed by atoms with van der Waals surface area (Å²) in [5, 5.41) is 11.9. The number of nitrogen functional groups attached to an aromatic ring is 1. The number of ether oxygens (including phenoxy) is 1. The quantitative estimate of drug-likeness (QED) is 0.360. The molecule has 2 heterocycles. The maximum atomic E-state index is 13.8. The van der Waals surface area contributed by atoms with E-state index in [0.29, 0.717) is 32.6 Å². The van der Waals surface area contributed by atoms with E-state index in [-0.39, 0.29) is 45.5 Å². The Hall–Kier alpha value is -2.95. The smallest absolute Gasteiger partial charge is 0.381 e. The van der Waals surface area contributed by atoms with Gasteiger partial charge in [0.2, 0.25) is 5.82 Å². The molecular formula is C24H30F3N5O3. The lowest BCUT2D eigenvalue weighted by molar-refractivity contribution is -0.383. The van der Waals surface area contributed by atoms with Crippen LogP contribution in [0.1, 0.15) is 62.6 Å². The van der Waals surface area contributed by atoms with Gasteiger partial charge in [-0.15, -0.1) is 0 Å². The van der Waals surface area contributed by atoms with Crippen LogP contribution in [0.15, 0.2) is 18.3 Å². The van der Waals surface area contributed by atoms with Gasteiger partial charge in [-0.1, -0.05) is 12.8 Å². The van der Waals surface area contributed by atoms with Crippen molar-refractivity contribution in [3.05, 3.63) is 39.7 Å². The van der Waals surface area contributed by atoms with E-state index in [2.05, 4.69) is 9.97 Å². The Morgan fingerprint density at radius 3 is 2.54 bits per heavy atom. The van der Waals surface area contributed by atoms with Crippen LogP contribution in [0, 0.1) is 15.5 Å². The van der Waals surface area contributed by atoms with Crippen LogP contribution in [0.2, 0.25) is 0 Å². The minimum atomic E-state index is -4.57. The molecule has 0 bridgehead atoms. The topological polar surface area (TPSA) is 107 Å². The van der Waals surface area contributed by atoms with Gasteiger partial charge in [-0.3, -0.25) is 15.1 Å². The summed E-state index contributed by atoms with van der Waals surface area (Å²) in [6.07, 6.45) is 2.08. The highest BCUT2D eigenvalue weighted by molar-refractivity contribution is 5.79. The Labute approximate surface area is 201 Å². The number of hydrogen-bond acceptors (Lipinski definition) is 7. The Morgan fingerprint density at radius 2 is 1.97 bits per heavy atom. The maximum absolute atomic E-state index is 13.8. The van der Waals surface area contributed by atoms with Crippen molar-refractivity contribution in [2.45, 2.75) is 57.5 Å². The summed E-state index contributed by atoms with van der Waals surface area (Å²) in [5.74, 6) is -0.537. The van der Waals surface area contributed by atoms with Gasteiger partial charge in [0, 0.05) is 43.3 Å². The van der Waals surface area contributed by atoms with Crippen molar-refractivity contribution in [3.63, 3.8) is 0 Å². The van der Waals surface area contributed by atoms with Gasteiger partial charge in [0.1, 0.15) is 5.69 Å². The van der Waals surface area contributed by atoms with Crippen molar-refractivity contribution in [2.75, 3.05) is 37.4 Å². The van der Waals surface area contributed by atoms with E-state index in [1.807, 2.05) is 6.92 Å². The lowest BCUT2D eigenvalue weighted by Crippen LogP contribution is -2.37. The van der Waals surface area contributed by atoms with E-state index < -0.39 is 16.7 Å². The van der Waals surface area contributed by atoms with Crippen LogP contribution in [-0.2, 0) is 10.9 Å². The van der Waals surface area contributed by atoms with E-state index in [1.54, 1.807) is 11.9 Å². The molecule has 11 heteroatoms. The van der Waals surface area contributed by atoms with Crippen LogP contribution in [0.25, 0.3) is 11.3 Å². The fourth-order valence-electron chi connectivity index (χ4n) is 5.07. The third kappa shape index (κ3) is 5.34. The SMILES string of the molecule is CCOCC1(CN(C)c2cc(-c3cnc(C4CC4)c(C(F)(F)F)c3)nc(N)c2[N+](=O)[O-])CCCC1. The van der Waals surface area contributed by atoms with E-state index >= 15 is 0 Å². The van der Waals surface area contributed by atoms with Crippen molar-refractivity contribution in [3.8, 4) is 11.3 Å². The summed E-state index contributed by atoms with van der Waals surface area (Å²) in [5.41, 5.74) is 5.13. The molecule has 2 N–H and O–H groups in total. The zero-order chi connectivity index (χ0) is 25.4. The number of alkyl halides is 3. The van der Waals surface area contributed by atoms with E-state index in [4.69, 9.17) is 10.5 Å². The van der Waals surface area contributed by atoms with Crippen LogP contribution >= 0.6 is 0 Å². The molecule has 0 aromatic carbocycles. The first-order valence-corrected chi connectivity index (χ1v) is 11.9. The van der Waals surface area contributed by atoms with Crippen molar-refractivity contribution >= 4 is 17.2 Å². The molecule has 35 heavy (non-hydrogen) atoms. The van der Waals surface area contributed by atoms with Gasteiger partial charge >= 0.3 is 11.9 Å². The van der Waals surface area contributed by atoms with Gasteiger partial charge in [-0.25, -0.2) is 4.98 Å². The zero-order valence-corrected chi connectivity index (χ0v) is 19.9. The average Bonchev–Trinajstić information content (AvgIpc) is 3.55. The number of halogens is 3. The number of pyridine rings is 2. The van der Waals surface area contributed by atoms with Gasteiger partial charge in [0.15, 0.2) is 0 Å². The molecule has 2 aromatic rings. The highest BCUT2D eigenvalue weighted by atomic mass is 19.4. The fourth-order valence-corrected chi connectivity index (χ4v) is 5.07. The molecule has 0 amide bonds. The highest BCUT2D eigenvalue weighted by Gasteiger charge is 2.40. The number of aromatic nitrogens is 2. The molecule has 8 nitrogen and oxygen atoms in total. The molecule has 0 saturated heterocycles. The number of nitrogens with zero attached hydrogens (tertiary/aromatic N) is 4. The van der Waals surface area contributed by atoms with Crippen LogP contribution in [0.5, 0.6) is 0 Å². The van der Waals surface area contributed by atoms with Crippen LogP contribution in [0.4, 0.5) is 30.4 Å². The molecule has 0 unspecified atom stereocenters. The van der Waals surface area contributed by atoms with Crippen molar-refractivity contribution in [1.29, 1.82) is 0 Å². The molecule has 190 valence electrons.